The van der Waals surface area contributed by atoms with Gasteiger partial charge in [0.2, 0.25) is 0 Å². The van der Waals surface area contributed by atoms with Crippen LogP contribution in [0.25, 0.3) is 0 Å². The molecule has 0 bridgehead atoms. The molecule has 29 heavy (non-hydrogen) atoms. The Morgan fingerprint density at radius 3 is 2.52 bits per heavy atom. The zero-order valence-corrected chi connectivity index (χ0v) is 16.7. The molecule has 1 amide bonds. The van der Waals surface area contributed by atoms with Crippen LogP contribution in [0.1, 0.15) is 11.1 Å². The van der Waals surface area contributed by atoms with Gasteiger partial charge >= 0.3 is 0 Å². The van der Waals surface area contributed by atoms with Gasteiger partial charge in [-0.2, -0.15) is 0 Å². The summed E-state index contributed by atoms with van der Waals surface area (Å²) in [6, 6.07) is 23.1. The lowest BCUT2D eigenvalue weighted by Gasteiger charge is -2.12. The second-order valence-corrected chi connectivity index (χ2v) is 6.60. The number of ether oxygens (including phenoxy) is 3. The topological polar surface area (TPSA) is 56.8 Å². The van der Waals surface area contributed by atoms with E-state index in [0.29, 0.717) is 29.5 Å². The van der Waals surface area contributed by atoms with Crippen molar-refractivity contribution in [3.8, 4) is 17.2 Å². The molecule has 0 saturated heterocycles. The largest absolute Gasteiger partial charge is 0.493 e. The maximum absolute atomic E-state index is 12.2. The number of amides is 1. The van der Waals surface area contributed by atoms with Gasteiger partial charge in [0.15, 0.2) is 18.1 Å². The lowest BCUT2D eigenvalue weighted by atomic mass is 10.2. The first kappa shape index (κ1) is 20.3. The van der Waals surface area contributed by atoms with Crippen molar-refractivity contribution in [2.75, 3.05) is 25.6 Å². The van der Waals surface area contributed by atoms with Gasteiger partial charge in [-0.15, -0.1) is 0 Å². The molecule has 3 aromatic rings. The van der Waals surface area contributed by atoms with Crippen LogP contribution in [0, 0.1) is 6.92 Å². The van der Waals surface area contributed by atoms with E-state index in [1.807, 2.05) is 55.5 Å². The first-order valence-electron chi connectivity index (χ1n) is 9.48. The molecule has 3 aromatic carbocycles. The minimum Gasteiger partial charge on any atom is -0.493 e. The normalized spacial score (nSPS) is 10.3. The Bertz CT molecular complexity index is 941. The summed E-state index contributed by atoms with van der Waals surface area (Å²) in [5.41, 5.74) is 2.94. The van der Waals surface area contributed by atoms with Crippen LogP contribution in [0.3, 0.4) is 0 Å². The Hall–Kier alpha value is -3.47. The fraction of sp³-hybridized carbons (Fsp3) is 0.208. The first-order chi connectivity index (χ1) is 14.1. The average Bonchev–Trinajstić information content (AvgIpc) is 2.74. The molecule has 0 spiro atoms. The Kier molecular flexibility index (Phi) is 7.11. The van der Waals surface area contributed by atoms with Crippen LogP contribution in [0.15, 0.2) is 72.8 Å². The third-order valence-electron chi connectivity index (χ3n) is 4.30. The number of anilines is 1. The molecule has 0 radical (unpaired) electrons. The highest BCUT2D eigenvalue weighted by atomic mass is 16.5. The number of carbonyl (C=O) groups is 1. The number of rotatable bonds is 9. The maximum atomic E-state index is 12.2. The van der Waals surface area contributed by atoms with E-state index in [-0.39, 0.29) is 12.5 Å². The van der Waals surface area contributed by atoms with E-state index in [1.54, 1.807) is 19.2 Å². The van der Waals surface area contributed by atoms with Gasteiger partial charge in [0.25, 0.3) is 5.91 Å². The van der Waals surface area contributed by atoms with Crippen LogP contribution in [0.2, 0.25) is 0 Å². The summed E-state index contributed by atoms with van der Waals surface area (Å²) in [6.07, 6.45) is 0.823. The Labute approximate surface area is 171 Å². The average molecular weight is 391 g/mol. The van der Waals surface area contributed by atoms with Crippen molar-refractivity contribution in [2.45, 2.75) is 13.3 Å². The predicted molar refractivity (Wildman–Crippen MR) is 114 cm³/mol. The van der Waals surface area contributed by atoms with Crippen molar-refractivity contribution in [3.63, 3.8) is 0 Å². The third kappa shape index (κ3) is 6.28. The van der Waals surface area contributed by atoms with E-state index in [2.05, 4.69) is 17.4 Å². The lowest BCUT2D eigenvalue weighted by Crippen LogP contribution is -2.20. The van der Waals surface area contributed by atoms with Gasteiger partial charge in [-0.3, -0.25) is 4.79 Å². The number of carbonyl (C=O) groups excluding carboxylic acids is 1. The van der Waals surface area contributed by atoms with Crippen LogP contribution in [-0.4, -0.2) is 26.2 Å². The van der Waals surface area contributed by atoms with Crippen LogP contribution in [0.4, 0.5) is 5.69 Å². The Morgan fingerprint density at radius 1 is 0.897 bits per heavy atom. The highest BCUT2D eigenvalue weighted by molar-refractivity contribution is 5.92. The highest BCUT2D eigenvalue weighted by Gasteiger charge is 2.09. The summed E-state index contributed by atoms with van der Waals surface area (Å²) in [5, 5.41) is 2.82. The maximum Gasteiger partial charge on any atom is 0.262 e. The van der Waals surface area contributed by atoms with Crippen molar-refractivity contribution in [2.24, 2.45) is 0 Å². The van der Waals surface area contributed by atoms with E-state index in [0.717, 1.165) is 12.0 Å². The van der Waals surface area contributed by atoms with Crippen molar-refractivity contribution in [3.05, 3.63) is 83.9 Å². The molecule has 1 N–H and O–H groups in total. The van der Waals surface area contributed by atoms with Crippen molar-refractivity contribution >= 4 is 11.6 Å². The first-order valence-corrected chi connectivity index (χ1v) is 9.48. The molecule has 0 aromatic heterocycles. The molecule has 3 rings (SSSR count). The molecule has 0 aliphatic carbocycles. The summed E-state index contributed by atoms with van der Waals surface area (Å²) >= 11 is 0. The lowest BCUT2D eigenvalue weighted by molar-refractivity contribution is -0.118. The number of aryl methyl sites for hydroxylation is 1. The molecule has 0 heterocycles. The molecule has 0 atom stereocenters. The fourth-order valence-electron chi connectivity index (χ4n) is 2.83. The minimum atomic E-state index is -0.255. The molecule has 150 valence electrons. The Balaban J connectivity index is 1.49. The zero-order valence-electron chi connectivity index (χ0n) is 16.7. The number of benzene rings is 3. The van der Waals surface area contributed by atoms with Gasteiger partial charge in [-0.05, 0) is 42.3 Å². The molecule has 0 aliphatic rings. The summed E-state index contributed by atoms with van der Waals surface area (Å²) in [5.74, 6) is 1.59. The van der Waals surface area contributed by atoms with Crippen LogP contribution < -0.4 is 19.5 Å². The molecule has 0 saturated carbocycles. The van der Waals surface area contributed by atoms with Gasteiger partial charge in [-0.1, -0.05) is 42.5 Å². The molecule has 5 nitrogen and oxygen atoms in total. The van der Waals surface area contributed by atoms with E-state index >= 15 is 0 Å². The summed E-state index contributed by atoms with van der Waals surface area (Å²) in [7, 11) is 1.57. The highest BCUT2D eigenvalue weighted by Crippen LogP contribution is 2.27. The van der Waals surface area contributed by atoms with Gasteiger partial charge in [0.05, 0.1) is 13.7 Å². The minimum absolute atomic E-state index is 0.113. The molecular weight excluding hydrogens is 366 g/mol. The predicted octanol–water partition coefficient (Wildman–Crippen LogP) is 4.64. The summed E-state index contributed by atoms with van der Waals surface area (Å²) in [6.45, 7) is 2.42. The van der Waals surface area contributed by atoms with E-state index in [4.69, 9.17) is 14.2 Å². The van der Waals surface area contributed by atoms with Gasteiger partial charge in [0.1, 0.15) is 5.75 Å². The zero-order chi connectivity index (χ0) is 20.5. The van der Waals surface area contributed by atoms with Crippen LogP contribution >= 0.6 is 0 Å². The van der Waals surface area contributed by atoms with Crippen molar-refractivity contribution in [1.29, 1.82) is 0 Å². The number of hydrogen-bond acceptors (Lipinski definition) is 4. The second-order valence-electron chi connectivity index (χ2n) is 6.60. The molecule has 5 heteroatoms. The molecule has 0 fully saturated rings. The fourth-order valence-corrected chi connectivity index (χ4v) is 2.83. The van der Waals surface area contributed by atoms with Crippen molar-refractivity contribution in [1.82, 2.24) is 0 Å². The number of hydrogen-bond donors (Lipinski definition) is 1. The third-order valence-corrected chi connectivity index (χ3v) is 4.30. The van der Waals surface area contributed by atoms with Gasteiger partial charge in [-0.25, -0.2) is 0 Å². The van der Waals surface area contributed by atoms with Crippen LogP contribution in [-0.2, 0) is 11.2 Å². The molecular formula is C24H25NO4. The summed E-state index contributed by atoms with van der Waals surface area (Å²) < 4.78 is 16.7. The number of nitrogens with one attached hydrogen (secondary N) is 1. The van der Waals surface area contributed by atoms with E-state index in [1.165, 1.54) is 5.56 Å². The second kappa shape index (κ2) is 10.2. The van der Waals surface area contributed by atoms with E-state index < -0.39 is 0 Å². The summed E-state index contributed by atoms with van der Waals surface area (Å²) in [4.78, 5) is 12.2. The van der Waals surface area contributed by atoms with Gasteiger partial charge in [0, 0.05) is 18.2 Å². The van der Waals surface area contributed by atoms with Crippen molar-refractivity contribution < 1.29 is 19.0 Å². The van der Waals surface area contributed by atoms with Gasteiger partial charge < -0.3 is 19.5 Å². The monoisotopic (exact) mass is 391 g/mol. The smallest absolute Gasteiger partial charge is 0.262 e. The molecule has 0 aliphatic heterocycles. The SMILES string of the molecule is COc1cc(C)ccc1OCC(=O)Nc1cccc(OCCc2ccccc2)c1. The quantitative estimate of drug-likeness (QED) is 0.577. The standard InChI is InChI=1S/C24H25NO4/c1-18-11-12-22(23(15-18)27-2)29-17-24(26)25-20-9-6-10-21(16-20)28-14-13-19-7-4-3-5-8-19/h3-12,15-16H,13-14,17H2,1-2H3,(H,25,26). The Morgan fingerprint density at radius 2 is 1.72 bits per heavy atom. The number of methoxy groups -OCH3 is 1. The molecule has 0 unspecified atom stereocenters. The van der Waals surface area contributed by atoms with E-state index in [9.17, 15) is 4.79 Å². The van der Waals surface area contributed by atoms with Crippen LogP contribution in [0.5, 0.6) is 17.2 Å².